The van der Waals surface area contributed by atoms with Crippen LogP contribution in [-0.2, 0) is 25.7 Å². The lowest BCUT2D eigenvalue weighted by atomic mass is 10.0. The van der Waals surface area contributed by atoms with Crippen LogP contribution in [0.4, 0.5) is 4.79 Å². The van der Waals surface area contributed by atoms with Gasteiger partial charge < -0.3 is 20.1 Å². The Balaban J connectivity index is 2.68. The largest absolute Gasteiger partial charge is 0.467 e. The standard InChI is InChI=1S/C20H30N2O5/c1-5-6-12-16(18(23)22-17(14(2)3)19(24)26-4)21-20(25)27-13-15-10-8-7-9-11-15/h7-11,14,16-17H,5-6,12-13H2,1-4H3,(H,21,25)(H,22,23)/t16?,17-/m0/s1. The summed E-state index contributed by atoms with van der Waals surface area (Å²) < 4.78 is 9.93. The molecule has 0 aromatic heterocycles. The minimum absolute atomic E-state index is 0.117. The summed E-state index contributed by atoms with van der Waals surface area (Å²) in [6.45, 7) is 5.73. The molecule has 1 aromatic rings. The summed E-state index contributed by atoms with van der Waals surface area (Å²) in [7, 11) is 1.28. The van der Waals surface area contributed by atoms with Gasteiger partial charge >= 0.3 is 12.1 Å². The molecule has 150 valence electrons. The van der Waals surface area contributed by atoms with Crippen LogP contribution in [0.2, 0.25) is 0 Å². The maximum Gasteiger partial charge on any atom is 0.408 e. The molecule has 27 heavy (non-hydrogen) atoms. The van der Waals surface area contributed by atoms with Crippen molar-refractivity contribution in [1.82, 2.24) is 10.6 Å². The van der Waals surface area contributed by atoms with Crippen molar-refractivity contribution in [3.05, 3.63) is 35.9 Å². The molecular formula is C20H30N2O5. The van der Waals surface area contributed by atoms with Crippen LogP contribution in [0.15, 0.2) is 30.3 Å². The van der Waals surface area contributed by atoms with Crippen LogP contribution in [0.1, 0.15) is 45.6 Å². The highest BCUT2D eigenvalue weighted by atomic mass is 16.5. The lowest BCUT2D eigenvalue weighted by Crippen LogP contribution is -2.53. The third kappa shape index (κ3) is 8.11. The van der Waals surface area contributed by atoms with E-state index in [0.29, 0.717) is 6.42 Å². The topological polar surface area (TPSA) is 93.7 Å². The van der Waals surface area contributed by atoms with Gasteiger partial charge in [0, 0.05) is 0 Å². The summed E-state index contributed by atoms with van der Waals surface area (Å²) in [5.74, 6) is -1.08. The molecule has 2 N–H and O–H groups in total. The molecule has 0 saturated heterocycles. The summed E-state index contributed by atoms with van der Waals surface area (Å²) in [6.07, 6.45) is 1.40. The van der Waals surface area contributed by atoms with Gasteiger partial charge in [-0.1, -0.05) is 63.9 Å². The van der Waals surface area contributed by atoms with E-state index in [1.54, 1.807) is 0 Å². The van der Waals surface area contributed by atoms with Gasteiger partial charge in [-0.05, 0) is 17.9 Å². The minimum Gasteiger partial charge on any atom is -0.467 e. The van der Waals surface area contributed by atoms with Crippen molar-refractivity contribution in [2.24, 2.45) is 5.92 Å². The van der Waals surface area contributed by atoms with Crippen molar-refractivity contribution in [2.45, 2.75) is 58.7 Å². The second kappa shape index (κ2) is 11.9. The van der Waals surface area contributed by atoms with E-state index in [1.165, 1.54) is 7.11 Å². The molecule has 1 aromatic carbocycles. The van der Waals surface area contributed by atoms with Gasteiger partial charge in [-0.15, -0.1) is 0 Å². The van der Waals surface area contributed by atoms with E-state index in [0.717, 1.165) is 18.4 Å². The molecule has 2 amide bonds. The summed E-state index contributed by atoms with van der Waals surface area (Å²) in [5, 5.41) is 5.27. The first-order chi connectivity index (χ1) is 12.9. The van der Waals surface area contributed by atoms with E-state index in [4.69, 9.17) is 9.47 Å². The Morgan fingerprint density at radius 3 is 2.30 bits per heavy atom. The number of esters is 1. The van der Waals surface area contributed by atoms with Gasteiger partial charge in [0.2, 0.25) is 5.91 Å². The second-order valence-corrected chi connectivity index (χ2v) is 6.65. The lowest BCUT2D eigenvalue weighted by molar-refractivity contribution is -0.146. The second-order valence-electron chi connectivity index (χ2n) is 6.65. The first-order valence-electron chi connectivity index (χ1n) is 9.24. The summed E-state index contributed by atoms with van der Waals surface area (Å²) in [5.41, 5.74) is 0.854. The van der Waals surface area contributed by atoms with Crippen molar-refractivity contribution >= 4 is 18.0 Å². The number of benzene rings is 1. The lowest BCUT2D eigenvalue weighted by Gasteiger charge is -2.24. The highest BCUT2D eigenvalue weighted by Gasteiger charge is 2.29. The van der Waals surface area contributed by atoms with Crippen LogP contribution in [0.5, 0.6) is 0 Å². The maximum atomic E-state index is 12.6. The molecule has 0 aliphatic heterocycles. The number of amides is 2. The van der Waals surface area contributed by atoms with Crippen LogP contribution in [0.25, 0.3) is 0 Å². The molecule has 0 heterocycles. The van der Waals surface area contributed by atoms with E-state index in [9.17, 15) is 14.4 Å². The minimum atomic E-state index is -0.779. The third-order valence-electron chi connectivity index (χ3n) is 4.09. The van der Waals surface area contributed by atoms with Crippen molar-refractivity contribution in [1.29, 1.82) is 0 Å². The molecule has 0 bridgehead atoms. The summed E-state index contributed by atoms with van der Waals surface area (Å²) in [4.78, 5) is 36.6. The SMILES string of the molecule is CCCCC(NC(=O)OCc1ccccc1)C(=O)N[C@H](C(=O)OC)C(C)C. The molecule has 1 rings (SSSR count). The predicted molar refractivity (Wildman–Crippen MR) is 102 cm³/mol. The van der Waals surface area contributed by atoms with Crippen LogP contribution in [-0.4, -0.2) is 37.2 Å². The van der Waals surface area contributed by atoms with E-state index in [-0.39, 0.29) is 12.5 Å². The first kappa shape index (κ1) is 22.5. The van der Waals surface area contributed by atoms with Crippen molar-refractivity contribution in [3.8, 4) is 0 Å². The molecule has 0 aliphatic rings. The van der Waals surface area contributed by atoms with E-state index < -0.39 is 30.1 Å². The number of carbonyl (C=O) groups excluding carboxylic acids is 3. The fraction of sp³-hybridized carbons (Fsp3) is 0.550. The Bertz CT molecular complexity index is 604. The van der Waals surface area contributed by atoms with Gasteiger partial charge in [-0.25, -0.2) is 9.59 Å². The maximum absolute atomic E-state index is 12.6. The molecule has 0 saturated carbocycles. The van der Waals surface area contributed by atoms with Crippen molar-refractivity contribution < 1.29 is 23.9 Å². The molecular weight excluding hydrogens is 348 g/mol. The van der Waals surface area contributed by atoms with Crippen LogP contribution >= 0.6 is 0 Å². The van der Waals surface area contributed by atoms with Crippen LogP contribution in [0.3, 0.4) is 0 Å². The molecule has 0 spiro atoms. The zero-order chi connectivity index (χ0) is 20.2. The van der Waals surface area contributed by atoms with Crippen molar-refractivity contribution in [2.75, 3.05) is 7.11 Å². The zero-order valence-electron chi connectivity index (χ0n) is 16.5. The highest BCUT2D eigenvalue weighted by molar-refractivity contribution is 5.89. The molecule has 7 heteroatoms. The first-order valence-corrected chi connectivity index (χ1v) is 9.24. The van der Waals surface area contributed by atoms with Crippen LogP contribution < -0.4 is 10.6 Å². The smallest absolute Gasteiger partial charge is 0.408 e. The summed E-state index contributed by atoms with van der Waals surface area (Å²) >= 11 is 0. The number of methoxy groups -OCH3 is 1. The van der Waals surface area contributed by atoms with Crippen molar-refractivity contribution in [3.63, 3.8) is 0 Å². The van der Waals surface area contributed by atoms with E-state index in [2.05, 4.69) is 10.6 Å². The number of carbonyl (C=O) groups is 3. The fourth-order valence-electron chi connectivity index (χ4n) is 2.46. The summed E-state index contributed by atoms with van der Waals surface area (Å²) in [6, 6.07) is 7.73. The normalized spacial score (nSPS) is 12.8. The molecule has 0 radical (unpaired) electrons. The molecule has 1 unspecified atom stereocenters. The Morgan fingerprint density at radius 1 is 1.07 bits per heavy atom. The number of hydrogen-bond acceptors (Lipinski definition) is 5. The fourth-order valence-corrected chi connectivity index (χ4v) is 2.46. The van der Waals surface area contributed by atoms with Gasteiger partial charge in [-0.3, -0.25) is 4.79 Å². The monoisotopic (exact) mass is 378 g/mol. The van der Waals surface area contributed by atoms with E-state index in [1.807, 2.05) is 51.1 Å². The van der Waals surface area contributed by atoms with Gasteiger partial charge in [0.05, 0.1) is 7.11 Å². The van der Waals surface area contributed by atoms with Crippen LogP contribution in [0, 0.1) is 5.92 Å². The zero-order valence-corrected chi connectivity index (χ0v) is 16.5. The Kier molecular flexibility index (Phi) is 9.93. The number of alkyl carbamates (subject to hydrolysis) is 1. The highest BCUT2D eigenvalue weighted by Crippen LogP contribution is 2.08. The average Bonchev–Trinajstić information content (AvgIpc) is 2.67. The predicted octanol–water partition coefficient (Wildman–Crippen LogP) is 2.79. The number of nitrogens with one attached hydrogen (secondary N) is 2. The van der Waals surface area contributed by atoms with Gasteiger partial charge in [0.25, 0.3) is 0 Å². The number of unbranched alkanes of at least 4 members (excludes halogenated alkanes) is 1. The number of hydrogen-bond donors (Lipinski definition) is 2. The number of rotatable bonds is 10. The Labute approximate surface area is 160 Å². The molecule has 0 fully saturated rings. The average molecular weight is 378 g/mol. The van der Waals surface area contributed by atoms with Gasteiger partial charge in [0.1, 0.15) is 18.7 Å². The number of ether oxygens (including phenoxy) is 2. The Morgan fingerprint density at radius 2 is 1.74 bits per heavy atom. The van der Waals surface area contributed by atoms with E-state index >= 15 is 0 Å². The third-order valence-corrected chi connectivity index (χ3v) is 4.09. The Hall–Kier alpha value is -2.57. The molecule has 7 nitrogen and oxygen atoms in total. The van der Waals surface area contributed by atoms with Gasteiger partial charge in [0.15, 0.2) is 0 Å². The molecule has 2 atom stereocenters. The van der Waals surface area contributed by atoms with Gasteiger partial charge in [-0.2, -0.15) is 0 Å². The molecule has 0 aliphatic carbocycles. The quantitative estimate of drug-likeness (QED) is 0.611.